The lowest BCUT2D eigenvalue weighted by Gasteiger charge is -2.29. The molecule has 0 radical (unpaired) electrons. The number of hydrogen-bond donors (Lipinski definition) is 8. The summed E-state index contributed by atoms with van der Waals surface area (Å²) in [6, 6.07) is 2.54. The van der Waals surface area contributed by atoms with E-state index in [1.807, 2.05) is 31.2 Å². The number of aromatic nitrogens is 3. The average molecular weight is 556 g/mol. The number of carboxylic acid groups (broad SMARTS) is 1. The van der Waals surface area contributed by atoms with E-state index in [9.17, 15) is 29.4 Å². The number of fused-ring (bicyclic) bond motifs is 1. The van der Waals surface area contributed by atoms with Crippen molar-refractivity contribution in [2.45, 2.75) is 70.3 Å². The standard InChI is InChI=1S/C27H37N7O6/c1-4-14(2)22(33-24(36)19(28)10-17-12-29-13-31-17)25(37)34-23(15(3)35)26(38)32-21(27(39)40)9-16-11-30-20-8-6-5-7-18(16)20/h5-8,11-15,19,21-23,30,35H,4,9-10,28H2,1-3H3,(H,29,31)(H,32,38)(H,33,36)(H,34,37)(H,39,40). The number of aliphatic hydroxyl groups excluding tert-OH is 1. The molecule has 9 N–H and O–H groups in total. The third-order valence-electron chi connectivity index (χ3n) is 6.90. The Morgan fingerprint density at radius 3 is 2.27 bits per heavy atom. The van der Waals surface area contributed by atoms with Gasteiger partial charge in [-0.05, 0) is 24.5 Å². The topological polar surface area (TPSA) is 215 Å². The number of nitrogens with zero attached hydrogens (tertiary/aromatic N) is 1. The largest absolute Gasteiger partial charge is 0.480 e. The summed E-state index contributed by atoms with van der Waals surface area (Å²) in [5.74, 6) is -3.76. The van der Waals surface area contributed by atoms with Crippen molar-refractivity contribution < 1.29 is 29.4 Å². The van der Waals surface area contributed by atoms with Crippen molar-refractivity contribution >= 4 is 34.6 Å². The second-order valence-corrected chi connectivity index (χ2v) is 9.95. The number of imidazole rings is 1. The van der Waals surface area contributed by atoms with Crippen molar-refractivity contribution in [1.82, 2.24) is 30.9 Å². The first-order valence-corrected chi connectivity index (χ1v) is 13.1. The lowest BCUT2D eigenvalue weighted by atomic mass is 9.96. The predicted molar refractivity (Wildman–Crippen MR) is 147 cm³/mol. The maximum Gasteiger partial charge on any atom is 0.326 e. The smallest absolute Gasteiger partial charge is 0.326 e. The van der Waals surface area contributed by atoms with Crippen molar-refractivity contribution in [3.63, 3.8) is 0 Å². The summed E-state index contributed by atoms with van der Waals surface area (Å²) in [4.78, 5) is 61.0. The molecule has 0 bridgehead atoms. The highest BCUT2D eigenvalue weighted by Crippen LogP contribution is 2.19. The fraction of sp³-hybridized carbons (Fsp3) is 0.444. The summed E-state index contributed by atoms with van der Waals surface area (Å²) in [5.41, 5.74) is 8.18. The molecule has 2 heterocycles. The molecule has 2 aromatic heterocycles. The molecule has 1 aromatic carbocycles. The Kier molecular flexibility index (Phi) is 10.4. The number of amides is 3. The molecule has 3 rings (SSSR count). The van der Waals surface area contributed by atoms with E-state index < -0.39 is 54.0 Å². The van der Waals surface area contributed by atoms with E-state index in [1.54, 1.807) is 19.3 Å². The first kappa shape index (κ1) is 30.3. The molecule has 216 valence electrons. The number of carboxylic acids is 1. The van der Waals surface area contributed by atoms with Crippen molar-refractivity contribution in [2.75, 3.05) is 0 Å². The number of aliphatic hydroxyl groups is 1. The quantitative estimate of drug-likeness (QED) is 0.135. The number of H-pyrrole nitrogens is 2. The van der Waals surface area contributed by atoms with Gasteiger partial charge in [-0.15, -0.1) is 0 Å². The van der Waals surface area contributed by atoms with Crippen LogP contribution in [0.2, 0.25) is 0 Å². The summed E-state index contributed by atoms with van der Waals surface area (Å²) in [6.07, 6.45) is 4.00. The van der Waals surface area contributed by atoms with Gasteiger partial charge in [0.2, 0.25) is 17.7 Å². The number of carbonyl (C=O) groups excluding carboxylic acids is 3. The number of carbonyl (C=O) groups is 4. The molecule has 0 fully saturated rings. The van der Waals surface area contributed by atoms with Crippen LogP contribution in [0.25, 0.3) is 10.9 Å². The van der Waals surface area contributed by atoms with Crippen LogP contribution >= 0.6 is 0 Å². The normalized spacial score (nSPS) is 15.8. The van der Waals surface area contributed by atoms with Crippen molar-refractivity contribution in [1.29, 1.82) is 0 Å². The van der Waals surface area contributed by atoms with Gasteiger partial charge in [-0.3, -0.25) is 14.4 Å². The molecule has 6 unspecified atom stereocenters. The van der Waals surface area contributed by atoms with Crippen LogP contribution in [0.5, 0.6) is 0 Å². The zero-order valence-corrected chi connectivity index (χ0v) is 22.7. The highest BCUT2D eigenvalue weighted by molar-refractivity contribution is 5.94. The van der Waals surface area contributed by atoms with Crippen LogP contribution in [0, 0.1) is 5.92 Å². The SMILES string of the molecule is CCC(C)C(NC(=O)C(N)Cc1cnc[nH]1)C(=O)NC(C(=O)NC(Cc1c[nH]c2ccccc12)C(=O)O)C(C)O. The van der Waals surface area contributed by atoms with Gasteiger partial charge in [0.1, 0.15) is 18.1 Å². The zero-order valence-electron chi connectivity index (χ0n) is 22.7. The minimum atomic E-state index is -1.47. The summed E-state index contributed by atoms with van der Waals surface area (Å²) >= 11 is 0. The molecule has 0 saturated heterocycles. The predicted octanol–water partition coefficient (Wildman–Crippen LogP) is -0.0306. The number of aliphatic carboxylic acids is 1. The maximum atomic E-state index is 13.3. The van der Waals surface area contributed by atoms with E-state index in [0.29, 0.717) is 17.7 Å². The molecule has 0 aliphatic rings. The number of nitrogens with one attached hydrogen (secondary N) is 5. The monoisotopic (exact) mass is 555 g/mol. The number of nitrogens with two attached hydrogens (primary N) is 1. The molecule has 3 aromatic rings. The summed E-state index contributed by atoms with van der Waals surface area (Å²) in [5, 5.41) is 28.5. The molecule has 3 amide bonds. The Morgan fingerprint density at radius 1 is 0.975 bits per heavy atom. The van der Waals surface area contributed by atoms with Crippen LogP contribution in [0.4, 0.5) is 0 Å². The minimum absolute atomic E-state index is 0.0225. The molecule has 0 saturated carbocycles. The van der Waals surface area contributed by atoms with Crippen molar-refractivity contribution in [2.24, 2.45) is 11.7 Å². The van der Waals surface area contributed by atoms with E-state index in [-0.39, 0.29) is 18.8 Å². The molecule has 13 nitrogen and oxygen atoms in total. The van der Waals surface area contributed by atoms with Gasteiger partial charge in [0.05, 0.1) is 18.5 Å². The number of hydrogen-bond acceptors (Lipinski definition) is 7. The summed E-state index contributed by atoms with van der Waals surface area (Å²) < 4.78 is 0. The third-order valence-corrected chi connectivity index (χ3v) is 6.90. The Bertz CT molecular complexity index is 1310. The van der Waals surface area contributed by atoms with Crippen LogP contribution < -0.4 is 21.7 Å². The Hall–Kier alpha value is -4.23. The summed E-state index contributed by atoms with van der Waals surface area (Å²) in [7, 11) is 0. The summed E-state index contributed by atoms with van der Waals surface area (Å²) in [6.45, 7) is 4.89. The van der Waals surface area contributed by atoms with E-state index in [4.69, 9.17) is 5.73 Å². The van der Waals surface area contributed by atoms with Gasteiger partial charge in [0.15, 0.2) is 0 Å². The van der Waals surface area contributed by atoms with Gasteiger partial charge in [-0.1, -0.05) is 38.5 Å². The van der Waals surface area contributed by atoms with Crippen LogP contribution in [0.15, 0.2) is 43.0 Å². The highest BCUT2D eigenvalue weighted by Gasteiger charge is 2.34. The zero-order chi connectivity index (χ0) is 29.4. The van der Waals surface area contributed by atoms with Crippen LogP contribution in [-0.4, -0.2) is 79.1 Å². The van der Waals surface area contributed by atoms with E-state index in [1.165, 1.54) is 13.3 Å². The molecule has 6 atom stereocenters. The van der Waals surface area contributed by atoms with Gasteiger partial charge in [-0.2, -0.15) is 0 Å². The lowest BCUT2D eigenvalue weighted by Crippen LogP contribution is -2.61. The molecular formula is C27H37N7O6. The first-order chi connectivity index (χ1) is 19.0. The second kappa shape index (κ2) is 13.7. The van der Waals surface area contributed by atoms with Gasteiger partial charge < -0.3 is 41.9 Å². The minimum Gasteiger partial charge on any atom is -0.480 e. The maximum absolute atomic E-state index is 13.3. The molecule has 0 aliphatic heterocycles. The average Bonchev–Trinajstić information content (AvgIpc) is 3.58. The Balaban J connectivity index is 1.70. The molecule has 13 heteroatoms. The van der Waals surface area contributed by atoms with E-state index in [0.717, 1.165) is 10.9 Å². The molecule has 0 spiro atoms. The van der Waals surface area contributed by atoms with E-state index >= 15 is 0 Å². The Morgan fingerprint density at radius 2 is 1.65 bits per heavy atom. The third kappa shape index (κ3) is 7.67. The van der Waals surface area contributed by atoms with Gasteiger partial charge in [0.25, 0.3) is 0 Å². The molecule has 0 aliphatic carbocycles. The van der Waals surface area contributed by atoms with Crippen molar-refractivity contribution in [3.8, 4) is 0 Å². The Labute approximate surface area is 231 Å². The fourth-order valence-corrected chi connectivity index (χ4v) is 4.32. The van der Waals surface area contributed by atoms with Crippen LogP contribution in [0.3, 0.4) is 0 Å². The van der Waals surface area contributed by atoms with Gasteiger partial charge in [-0.25, -0.2) is 9.78 Å². The highest BCUT2D eigenvalue weighted by atomic mass is 16.4. The number of benzene rings is 1. The molecule has 40 heavy (non-hydrogen) atoms. The van der Waals surface area contributed by atoms with Gasteiger partial charge in [0, 0.05) is 41.8 Å². The number of para-hydroxylation sites is 1. The van der Waals surface area contributed by atoms with Crippen LogP contribution in [0.1, 0.15) is 38.4 Å². The van der Waals surface area contributed by atoms with Gasteiger partial charge >= 0.3 is 5.97 Å². The molecular weight excluding hydrogens is 518 g/mol. The van der Waals surface area contributed by atoms with Crippen molar-refractivity contribution in [3.05, 3.63) is 54.2 Å². The van der Waals surface area contributed by atoms with E-state index in [2.05, 4.69) is 30.9 Å². The fourth-order valence-electron chi connectivity index (χ4n) is 4.32. The lowest BCUT2D eigenvalue weighted by molar-refractivity contribution is -0.143. The number of rotatable bonds is 14. The first-order valence-electron chi connectivity index (χ1n) is 13.1. The number of aromatic amines is 2. The second-order valence-electron chi connectivity index (χ2n) is 9.95. The van der Waals surface area contributed by atoms with Crippen LogP contribution in [-0.2, 0) is 32.0 Å².